The molecule has 0 bridgehead atoms. The highest BCUT2D eigenvalue weighted by Gasteiger charge is 1.99. The first-order chi connectivity index (χ1) is 9.38. The largest absolute Gasteiger partial charge is 0.494 e. The van der Waals surface area contributed by atoms with Gasteiger partial charge in [-0.05, 0) is 30.5 Å². The number of aryl methyl sites for hydroxylation is 2. The zero-order valence-electron chi connectivity index (χ0n) is 11.0. The summed E-state index contributed by atoms with van der Waals surface area (Å²) < 4.78 is 7.56. The van der Waals surface area contributed by atoms with Gasteiger partial charge in [0.25, 0.3) is 0 Å². The molecule has 1 N–H and O–H groups in total. The van der Waals surface area contributed by atoms with Crippen LogP contribution in [0.3, 0.4) is 0 Å². The molecule has 2 rings (SSSR count). The van der Waals surface area contributed by atoms with Gasteiger partial charge in [-0.1, -0.05) is 18.2 Å². The first-order valence-corrected chi connectivity index (χ1v) is 6.68. The van der Waals surface area contributed by atoms with Crippen LogP contribution in [0.2, 0.25) is 0 Å². The van der Waals surface area contributed by atoms with E-state index in [2.05, 4.69) is 5.10 Å². The van der Waals surface area contributed by atoms with Crippen LogP contribution in [0.1, 0.15) is 18.4 Å². The third-order valence-electron chi connectivity index (χ3n) is 2.85. The molecule has 19 heavy (non-hydrogen) atoms. The summed E-state index contributed by atoms with van der Waals surface area (Å²) in [6.45, 7) is 1.78. The van der Waals surface area contributed by atoms with E-state index >= 15 is 0 Å². The van der Waals surface area contributed by atoms with Gasteiger partial charge in [0.15, 0.2) is 0 Å². The zero-order chi connectivity index (χ0) is 13.3. The van der Waals surface area contributed by atoms with Crippen molar-refractivity contribution in [3.05, 3.63) is 48.3 Å². The topological polar surface area (TPSA) is 47.3 Å². The molecule has 102 valence electrons. The SMILES string of the molecule is OCCCc1cnn(CCCOc2ccccc2)c1. The third-order valence-corrected chi connectivity index (χ3v) is 2.85. The Morgan fingerprint density at radius 3 is 2.79 bits per heavy atom. The molecule has 0 radical (unpaired) electrons. The Hall–Kier alpha value is -1.81. The average Bonchev–Trinajstić information content (AvgIpc) is 2.90. The predicted octanol–water partition coefficient (Wildman–Crippen LogP) is 2.28. The molecule has 4 heteroatoms. The quantitative estimate of drug-likeness (QED) is 0.741. The number of para-hydroxylation sites is 1. The number of hydrogen-bond donors (Lipinski definition) is 1. The lowest BCUT2D eigenvalue weighted by Gasteiger charge is -2.05. The first-order valence-electron chi connectivity index (χ1n) is 6.68. The van der Waals surface area contributed by atoms with Crippen molar-refractivity contribution in [2.75, 3.05) is 13.2 Å². The van der Waals surface area contributed by atoms with E-state index in [-0.39, 0.29) is 6.61 Å². The van der Waals surface area contributed by atoms with Gasteiger partial charge < -0.3 is 9.84 Å². The van der Waals surface area contributed by atoms with Crippen molar-refractivity contribution in [1.82, 2.24) is 9.78 Å². The van der Waals surface area contributed by atoms with Gasteiger partial charge >= 0.3 is 0 Å². The number of aliphatic hydroxyl groups is 1. The number of rotatable bonds is 8. The Bertz CT molecular complexity index is 468. The van der Waals surface area contributed by atoms with Gasteiger partial charge in [-0.2, -0.15) is 5.10 Å². The van der Waals surface area contributed by atoms with E-state index in [1.54, 1.807) is 0 Å². The second kappa shape index (κ2) is 7.59. The predicted molar refractivity (Wildman–Crippen MR) is 74.2 cm³/mol. The number of nitrogens with zero attached hydrogens (tertiary/aromatic N) is 2. The molecule has 0 amide bonds. The van der Waals surface area contributed by atoms with Gasteiger partial charge in [0.05, 0.1) is 12.8 Å². The highest BCUT2D eigenvalue weighted by molar-refractivity contribution is 5.20. The fourth-order valence-electron chi connectivity index (χ4n) is 1.87. The fourth-order valence-corrected chi connectivity index (χ4v) is 1.87. The van der Waals surface area contributed by atoms with Gasteiger partial charge in [0.2, 0.25) is 0 Å². The normalized spacial score (nSPS) is 10.6. The highest BCUT2D eigenvalue weighted by Crippen LogP contribution is 2.08. The molecule has 2 aromatic rings. The molecule has 0 aliphatic heterocycles. The number of ether oxygens (including phenoxy) is 1. The van der Waals surface area contributed by atoms with Crippen molar-refractivity contribution < 1.29 is 9.84 Å². The number of aromatic nitrogens is 2. The maximum Gasteiger partial charge on any atom is 0.119 e. The van der Waals surface area contributed by atoms with E-state index in [0.717, 1.165) is 31.6 Å². The molecular weight excluding hydrogens is 240 g/mol. The van der Waals surface area contributed by atoms with Crippen LogP contribution in [0.15, 0.2) is 42.7 Å². The van der Waals surface area contributed by atoms with Crippen molar-refractivity contribution in [3.8, 4) is 5.75 Å². The van der Waals surface area contributed by atoms with E-state index in [1.165, 1.54) is 5.56 Å². The summed E-state index contributed by atoms with van der Waals surface area (Å²) >= 11 is 0. The van der Waals surface area contributed by atoms with Crippen LogP contribution in [0.5, 0.6) is 5.75 Å². The van der Waals surface area contributed by atoms with Gasteiger partial charge in [-0.25, -0.2) is 0 Å². The summed E-state index contributed by atoms with van der Waals surface area (Å²) in [5.41, 5.74) is 1.18. The Morgan fingerprint density at radius 2 is 2.00 bits per heavy atom. The molecule has 1 heterocycles. The Balaban J connectivity index is 1.66. The monoisotopic (exact) mass is 260 g/mol. The van der Waals surface area contributed by atoms with Crippen molar-refractivity contribution in [3.63, 3.8) is 0 Å². The Kier molecular flexibility index (Phi) is 5.44. The average molecular weight is 260 g/mol. The van der Waals surface area contributed by atoms with Crippen LogP contribution in [-0.2, 0) is 13.0 Å². The van der Waals surface area contributed by atoms with Crippen LogP contribution >= 0.6 is 0 Å². The lowest BCUT2D eigenvalue weighted by atomic mass is 10.2. The van der Waals surface area contributed by atoms with E-state index in [9.17, 15) is 0 Å². The molecular formula is C15H20N2O2. The summed E-state index contributed by atoms with van der Waals surface area (Å²) in [6, 6.07) is 9.83. The van der Waals surface area contributed by atoms with E-state index in [4.69, 9.17) is 9.84 Å². The number of aliphatic hydroxyl groups excluding tert-OH is 1. The smallest absolute Gasteiger partial charge is 0.119 e. The van der Waals surface area contributed by atoms with Crippen LogP contribution < -0.4 is 4.74 Å². The highest BCUT2D eigenvalue weighted by atomic mass is 16.5. The molecule has 0 saturated carbocycles. The second-order valence-corrected chi connectivity index (χ2v) is 4.45. The van der Waals surface area contributed by atoms with Gasteiger partial charge in [-0.3, -0.25) is 4.68 Å². The van der Waals surface area contributed by atoms with E-state index in [0.29, 0.717) is 6.61 Å². The summed E-state index contributed by atoms with van der Waals surface area (Å²) in [6.07, 6.45) is 6.52. The minimum atomic E-state index is 0.232. The Labute approximate surface area is 113 Å². The first kappa shape index (κ1) is 13.6. The lowest BCUT2D eigenvalue weighted by molar-refractivity contribution is 0.288. The number of benzene rings is 1. The van der Waals surface area contributed by atoms with Gasteiger partial charge in [0.1, 0.15) is 5.75 Å². The summed E-state index contributed by atoms with van der Waals surface area (Å²) in [5, 5.41) is 13.1. The van der Waals surface area contributed by atoms with Crippen LogP contribution in [-0.4, -0.2) is 28.1 Å². The lowest BCUT2D eigenvalue weighted by Crippen LogP contribution is -2.04. The van der Waals surface area contributed by atoms with E-state index < -0.39 is 0 Å². The van der Waals surface area contributed by atoms with Gasteiger partial charge in [0, 0.05) is 25.8 Å². The van der Waals surface area contributed by atoms with Crippen LogP contribution in [0, 0.1) is 0 Å². The molecule has 0 saturated heterocycles. The molecule has 4 nitrogen and oxygen atoms in total. The fraction of sp³-hybridized carbons (Fsp3) is 0.400. The molecule has 1 aromatic carbocycles. The molecule has 0 spiro atoms. The molecule has 0 aliphatic rings. The van der Waals surface area contributed by atoms with Crippen molar-refractivity contribution >= 4 is 0 Å². The second-order valence-electron chi connectivity index (χ2n) is 4.45. The maximum atomic E-state index is 8.77. The molecule has 0 fully saturated rings. The minimum absolute atomic E-state index is 0.232. The zero-order valence-corrected chi connectivity index (χ0v) is 11.0. The summed E-state index contributed by atoms with van der Waals surface area (Å²) in [7, 11) is 0. The van der Waals surface area contributed by atoms with Crippen LogP contribution in [0.25, 0.3) is 0 Å². The standard InChI is InChI=1S/C15H20N2O2/c18-10-4-6-14-12-16-17(13-14)9-5-11-19-15-7-2-1-3-8-15/h1-3,7-8,12-13,18H,4-6,9-11H2. The van der Waals surface area contributed by atoms with Crippen molar-refractivity contribution in [2.24, 2.45) is 0 Å². The Morgan fingerprint density at radius 1 is 1.16 bits per heavy atom. The maximum absolute atomic E-state index is 8.77. The third kappa shape index (κ3) is 4.75. The summed E-state index contributed by atoms with van der Waals surface area (Å²) in [4.78, 5) is 0. The molecule has 1 aromatic heterocycles. The van der Waals surface area contributed by atoms with Crippen LogP contribution in [0.4, 0.5) is 0 Å². The molecule has 0 unspecified atom stereocenters. The van der Waals surface area contributed by atoms with E-state index in [1.807, 2.05) is 47.4 Å². The molecule has 0 atom stereocenters. The minimum Gasteiger partial charge on any atom is -0.494 e. The van der Waals surface area contributed by atoms with Gasteiger partial charge in [-0.15, -0.1) is 0 Å². The van der Waals surface area contributed by atoms with Crippen molar-refractivity contribution in [1.29, 1.82) is 0 Å². The van der Waals surface area contributed by atoms with Crippen molar-refractivity contribution in [2.45, 2.75) is 25.8 Å². The number of hydrogen-bond acceptors (Lipinski definition) is 3. The molecule has 0 aliphatic carbocycles. The summed E-state index contributed by atoms with van der Waals surface area (Å²) in [5.74, 6) is 0.909.